The predicted octanol–water partition coefficient (Wildman–Crippen LogP) is 4.90. The summed E-state index contributed by atoms with van der Waals surface area (Å²) >= 11 is 12.4. The second-order valence-corrected chi connectivity index (χ2v) is 10.5. The van der Waals surface area contributed by atoms with Gasteiger partial charge in [0.05, 0.1) is 27.6 Å². The van der Waals surface area contributed by atoms with Crippen molar-refractivity contribution in [3.05, 3.63) is 82.5 Å². The topological polar surface area (TPSA) is 79.8 Å². The number of pyridine rings is 1. The molecule has 2 heterocycles. The number of amides is 1. The number of anilines is 1. The number of nitrogens with zero attached hydrogens (tertiary/aromatic N) is 3. The highest BCUT2D eigenvalue weighted by atomic mass is 35.5. The summed E-state index contributed by atoms with van der Waals surface area (Å²) in [4.78, 5) is 19.6. The van der Waals surface area contributed by atoms with Crippen molar-refractivity contribution in [3.63, 3.8) is 0 Å². The summed E-state index contributed by atoms with van der Waals surface area (Å²) in [5.74, 6) is 0.631. The lowest BCUT2D eigenvalue weighted by atomic mass is 10.0. The number of sulfonamides is 1. The quantitative estimate of drug-likeness (QED) is 0.462. The maximum Gasteiger partial charge on any atom is 0.261 e. The average molecular weight is 520 g/mol. The molecule has 4 rings (SSSR count). The van der Waals surface area contributed by atoms with Crippen molar-refractivity contribution in [1.82, 2.24) is 9.29 Å². The molecule has 0 bridgehead atoms. The number of hydrogen-bond donors (Lipinski definition) is 0. The van der Waals surface area contributed by atoms with Gasteiger partial charge in [-0.2, -0.15) is 4.31 Å². The lowest BCUT2D eigenvalue weighted by Gasteiger charge is -2.37. The molecule has 0 atom stereocenters. The van der Waals surface area contributed by atoms with Crippen molar-refractivity contribution >= 4 is 45.0 Å². The number of aromatic nitrogens is 1. The van der Waals surface area contributed by atoms with Crippen molar-refractivity contribution < 1.29 is 17.9 Å². The van der Waals surface area contributed by atoms with Gasteiger partial charge < -0.3 is 4.74 Å². The summed E-state index contributed by atoms with van der Waals surface area (Å²) in [6.45, 7) is 0.492. The van der Waals surface area contributed by atoms with Crippen LogP contribution in [0.1, 0.15) is 23.2 Å². The van der Waals surface area contributed by atoms with Gasteiger partial charge in [-0.3, -0.25) is 9.69 Å². The average Bonchev–Trinajstić information content (AvgIpc) is 2.85. The predicted molar refractivity (Wildman–Crippen MR) is 132 cm³/mol. The Bertz CT molecular complexity index is 1280. The Labute approximate surface area is 208 Å². The number of ether oxygens (including phenoxy) is 1. The molecule has 178 valence electrons. The molecule has 1 saturated heterocycles. The number of hydrogen-bond acceptors (Lipinski definition) is 5. The molecule has 0 radical (unpaired) electrons. The Hall–Kier alpha value is -2.65. The number of benzene rings is 2. The molecule has 10 heteroatoms. The summed E-state index contributed by atoms with van der Waals surface area (Å²) < 4.78 is 32.9. The Kier molecular flexibility index (Phi) is 7.42. The molecule has 1 aliphatic rings. The largest absolute Gasteiger partial charge is 0.495 e. The number of piperidine rings is 1. The zero-order valence-electron chi connectivity index (χ0n) is 18.4. The molecule has 0 unspecified atom stereocenters. The third-order valence-corrected chi connectivity index (χ3v) is 8.29. The first-order chi connectivity index (χ1) is 16.3. The SMILES string of the molecule is COc1ccc(S(=O)(=O)N2CCC(N(C(=O)c3ccccc3Cl)c3ccccn3)CC2)cc1Cl. The third-order valence-electron chi connectivity index (χ3n) is 5.77. The van der Waals surface area contributed by atoms with Gasteiger partial charge in [0.15, 0.2) is 0 Å². The van der Waals surface area contributed by atoms with E-state index >= 15 is 0 Å². The fraction of sp³-hybridized carbons (Fsp3) is 0.250. The second kappa shape index (κ2) is 10.3. The highest BCUT2D eigenvalue weighted by molar-refractivity contribution is 7.89. The maximum absolute atomic E-state index is 13.5. The molecule has 7 nitrogen and oxygen atoms in total. The van der Waals surface area contributed by atoms with E-state index in [-0.39, 0.29) is 35.0 Å². The number of carbonyl (C=O) groups excluding carboxylic acids is 1. The normalized spacial score (nSPS) is 15.1. The van der Waals surface area contributed by atoms with Gasteiger partial charge in [-0.1, -0.05) is 41.4 Å². The Morgan fingerprint density at radius 3 is 2.35 bits per heavy atom. The summed E-state index contributed by atoms with van der Waals surface area (Å²) in [5.41, 5.74) is 0.373. The molecule has 34 heavy (non-hydrogen) atoms. The Morgan fingerprint density at radius 1 is 1.03 bits per heavy atom. The van der Waals surface area contributed by atoms with Crippen LogP contribution in [-0.2, 0) is 10.0 Å². The van der Waals surface area contributed by atoms with Crippen LogP contribution in [0.15, 0.2) is 71.8 Å². The van der Waals surface area contributed by atoms with Gasteiger partial charge in [-0.15, -0.1) is 0 Å². The van der Waals surface area contributed by atoms with Gasteiger partial charge in [0.2, 0.25) is 10.0 Å². The molecule has 1 fully saturated rings. The van der Waals surface area contributed by atoms with E-state index in [1.807, 2.05) is 6.07 Å². The zero-order valence-corrected chi connectivity index (χ0v) is 20.7. The van der Waals surface area contributed by atoms with Gasteiger partial charge in [-0.25, -0.2) is 13.4 Å². The number of rotatable bonds is 6. The van der Waals surface area contributed by atoms with Crippen LogP contribution in [-0.4, -0.2) is 49.9 Å². The molecular formula is C24H23Cl2N3O4S. The fourth-order valence-corrected chi connectivity index (χ4v) is 6.05. The minimum atomic E-state index is -3.75. The third kappa shape index (κ3) is 4.90. The molecule has 3 aromatic rings. The standard InChI is InChI=1S/C24H23Cl2N3O4S/c1-33-22-10-9-18(16-21(22)26)34(31,32)28-14-11-17(12-15-28)29(23-8-4-5-13-27-23)24(30)19-6-2-3-7-20(19)25/h2-10,13,16-17H,11-12,14-15H2,1H3. The monoisotopic (exact) mass is 519 g/mol. The zero-order chi connectivity index (χ0) is 24.3. The minimum Gasteiger partial charge on any atom is -0.495 e. The van der Waals surface area contributed by atoms with E-state index in [0.29, 0.717) is 35.0 Å². The molecule has 0 spiro atoms. The lowest BCUT2D eigenvalue weighted by molar-refractivity contribution is 0.0967. The molecule has 0 saturated carbocycles. The van der Waals surface area contributed by atoms with Crippen molar-refractivity contribution in [2.45, 2.75) is 23.8 Å². The molecule has 1 aromatic heterocycles. The first-order valence-corrected chi connectivity index (χ1v) is 12.9. The van der Waals surface area contributed by atoms with Crippen molar-refractivity contribution in [2.24, 2.45) is 0 Å². The van der Waals surface area contributed by atoms with E-state index in [0.717, 1.165) is 0 Å². The summed E-state index contributed by atoms with van der Waals surface area (Å²) in [6, 6.07) is 16.4. The van der Waals surface area contributed by atoms with E-state index in [2.05, 4.69) is 4.98 Å². The van der Waals surface area contributed by atoms with Gasteiger partial charge in [-0.05, 0) is 55.3 Å². The second-order valence-electron chi connectivity index (χ2n) is 7.77. The van der Waals surface area contributed by atoms with Crippen LogP contribution in [0, 0.1) is 0 Å². The summed E-state index contributed by atoms with van der Waals surface area (Å²) in [6.07, 6.45) is 2.50. The van der Waals surface area contributed by atoms with Crippen LogP contribution in [0.5, 0.6) is 5.75 Å². The van der Waals surface area contributed by atoms with Crippen LogP contribution < -0.4 is 9.64 Å². The fourth-order valence-electron chi connectivity index (χ4n) is 4.01. The van der Waals surface area contributed by atoms with E-state index < -0.39 is 10.0 Å². The van der Waals surface area contributed by atoms with E-state index in [1.54, 1.807) is 47.5 Å². The molecular weight excluding hydrogens is 497 g/mol. The van der Waals surface area contributed by atoms with E-state index in [9.17, 15) is 13.2 Å². The van der Waals surface area contributed by atoms with Gasteiger partial charge in [0, 0.05) is 25.3 Å². The van der Waals surface area contributed by atoms with Gasteiger partial charge in [0.1, 0.15) is 11.6 Å². The van der Waals surface area contributed by atoms with Crippen LogP contribution in [0.2, 0.25) is 10.0 Å². The smallest absolute Gasteiger partial charge is 0.261 e. The van der Waals surface area contributed by atoms with E-state index in [1.165, 1.54) is 29.6 Å². The van der Waals surface area contributed by atoms with Crippen molar-refractivity contribution in [2.75, 3.05) is 25.1 Å². The lowest BCUT2D eigenvalue weighted by Crippen LogP contribution is -2.49. The first kappa shape index (κ1) is 24.5. The van der Waals surface area contributed by atoms with Crippen LogP contribution >= 0.6 is 23.2 Å². The van der Waals surface area contributed by atoms with Gasteiger partial charge >= 0.3 is 0 Å². The maximum atomic E-state index is 13.5. The van der Waals surface area contributed by atoms with E-state index in [4.69, 9.17) is 27.9 Å². The first-order valence-electron chi connectivity index (χ1n) is 10.7. The number of methoxy groups -OCH3 is 1. The highest BCUT2D eigenvalue weighted by Crippen LogP contribution is 2.31. The van der Waals surface area contributed by atoms with Crippen LogP contribution in [0.3, 0.4) is 0 Å². The molecule has 1 amide bonds. The number of carbonyl (C=O) groups is 1. The van der Waals surface area contributed by atoms with Crippen LogP contribution in [0.25, 0.3) is 0 Å². The minimum absolute atomic E-state index is 0.102. The molecule has 1 aliphatic heterocycles. The Morgan fingerprint density at radius 2 is 1.74 bits per heavy atom. The molecule has 0 N–H and O–H groups in total. The van der Waals surface area contributed by atoms with Crippen molar-refractivity contribution in [3.8, 4) is 5.75 Å². The van der Waals surface area contributed by atoms with Crippen molar-refractivity contribution in [1.29, 1.82) is 0 Å². The highest BCUT2D eigenvalue weighted by Gasteiger charge is 2.35. The summed E-state index contributed by atoms with van der Waals surface area (Å²) in [5, 5.41) is 0.579. The van der Waals surface area contributed by atoms with Gasteiger partial charge in [0.25, 0.3) is 5.91 Å². The van der Waals surface area contributed by atoms with Crippen LogP contribution in [0.4, 0.5) is 5.82 Å². The summed E-state index contributed by atoms with van der Waals surface area (Å²) in [7, 11) is -2.28. The number of halogens is 2. The molecule has 2 aromatic carbocycles. The Balaban J connectivity index is 1.57. The molecule has 0 aliphatic carbocycles.